The van der Waals surface area contributed by atoms with Crippen molar-refractivity contribution in [1.29, 1.82) is 5.26 Å². The van der Waals surface area contributed by atoms with E-state index in [4.69, 9.17) is 4.74 Å². The van der Waals surface area contributed by atoms with Gasteiger partial charge in [0.1, 0.15) is 28.6 Å². The monoisotopic (exact) mass is 545 g/mol. The molecule has 4 aromatic rings. The zero-order valence-corrected chi connectivity index (χ0v) is 21.9. The summed E-state index contributed by atoms with van der Waals surface area (Å²) >= 11 is 0. The van der Waals surface area contributed by atoms with Gasteiger partial charge in [-0.1, -0.05) is 11.3 Å². The lowest BCUT2D eigenvalue weighted by atomic mass is 9.95. The Morgan fingerprint density at radius 1 is 1.35 bits per heavy atom. The van der Waals surface area contributed by atoms with Gasteiger partial charge in [0.25, 0.3) is 5.91 Å². The quantitative estimate of drug-likeness (QED) is 0.355. The van der Waals surface area contributed by atoms with Gasteiger partial charge in [0, 0.05) is 44.1 Å². The summed E-state index contributed by atoms with van der Waals surface area (Å²) in [5.41, 5.74) is 1.65. The number of rotatable bonds is 7. The SMILES string of the molecule is Cc1c(-c2cc(OC(CO)c3ccccn3)c3c(C#N)cnn3c2)nnn1C1CCN(C(=O)C2(F)CNC2)CC1. The Morgan fingerprint density at radius 3 is 2.80 bits per heavy atom. The number of amides is 1. The summed E-state index contributed by atoms with van der Waals surface area (Å²) in [6.45, 7) is 2.64. The molecule has 2 N–H and O–H groups in total. The van der Waals surface area contributed by atoms with Crippen LogP contribution in [0.5, 0.6) is 5.75 Å². The van der Waals surface area contributed by atoms with Crippen molar-refractivity contribution in [2.45, 2.75) is 37.6 Å². The van der Waals surface area contributed by atoms with Crippen LogP contribution < -0.4 is 10.1 Å². The maximum absolute atomic E-state index is 14.6. The summed E-state index contributed by atoms with van der Waals surface area (Å²) in [6, 6.07) is 9.26. The minimum Gasteiger partial charge on any atom is -0.479 e. The van der Waals surface area contributed by atoms with E-state index in [1.54, 1.807) is 40.0 Å². The number of piperidine rings is 1. The van der Waals surface area contributed by atoms with Gasteiger partial charge in [0.2, 0.25) is 5.67 Å². The predicted octanol–water partition coefficient (Wildman–Crippen LogP) is 1.76. The van der Waals surface area contributed by atoms with Crippen molar-refractivity contribution in [2.24, 2.45) is 0 Å². The van der Waals surface area contributed by atoms with Crippen molar-refractivity contribution in [1.82, 2.24) is 39.8 Å². The number of aliphatic hydroxyl groups is 1. The van der Waals surface area contributed by atoms with Crippen molar-refractivity contribution >= 4 is 11.4 Å². The molecule has 2 aliphatic heterocycles. The standard InChI is InChI=1S/C27H28FN9O3/c1-17-24(33-34-37(17)20-5-8-35(9-6-20)26(39)27(28)15-30-16-27)18-10-22(25-19(11-29)12-32-36(25)13-18)40-23(14-38)21-4-2-3-7-31-21/h2-4,7,10,12-13,20,23,30,38H,5-6,8-9,14-16H2,1H3. The van der Waals surface area contributed by atoms with Gasteiger partial charge in [-0.2, -0.15) is 10.4 Å². The summed E-state index contributed by atoms with van der Waals surface area (Å²) in [4.78, 5) is 18.5. The maximum Gasteiger partial charge on any atom is 0.262 e. The molecule has 2 aliphatic rings. The van der Waals surface area contributed by atoms with E-state index in [1.165, 1.54) is 6.20 Å². The number of hydrogen-bond donors (Lipinski definition) is 2. The molecule has 6 rings (SSSR count). The van der Waals surface area contributed by atoms with Crippen LogP contribution in [0, 0.1) is 18.3 Å². The molecule has 13 heteroatoms. The minimum absolute atomic E-state index is 0.0117. The predicted molar refractivity (Wildman–Crippen MR) is 140 cm³/mol. The van der Waals surface area contributed by atoms with Crippen LogP contribution in [0.25, 0.3) is 16.8 Å². The van der Waals surface area contributed by atoms with E-state index in [0.29, 0.717) is 59.7 Å². The molecule has 0 aliphatic carbocycles. The van der Waals surface area contributed by atoms with Crippen LogP contribution in [0.4, 0.5) is 4.39 Å². The zero-order chi connectivity index (χ0) is 27.9. The number of nitrogens with zero attached hydrogens (tertiary/aromatic N) is 8. The number of fused-ring (bicyclic) bond motifs is 1. The third kappa shape index (κ3) is 4.44. The lowest BCUT2D eigenvalue weighted by Gasteiger charge is -2.40. The van der Waals surface area contributed by atoms with Gasteiger partial charge in [-0.05, 0) is 38.0 Å². The van der Waals surface area contributed by atoms with Gasteiger partial charge in [-0.15, -0.1) is 5.10 Å². The molecule has 1 atom stereocenters. The highest BCUT2D eigenvalue weighted by Crippen LogP contribution is 2.34. The molecule has 0 radical (unpaired) electrons. The van der Waals surface area contributed by atoms with Gasteiger partial charge >= 0.3 is 0 Å². The molecule has 206 valence electrons. The fourth-order valence-corrected chi connectivity index (χ4v) is 5.34. The minimum atomic E-state index is -1.79. The first-order valence-corrected chi connectivity index (χ1v) is 13.1. The number of aromatic nitrogens is 6. The Labute approximate surface area is 229 Å². The van der Waals surface area contributed by atoms with Crippen LogP contribution in [0.1, 0.15) is 41.9 Å². The molecule has 2 saturated heterocycles. The molecule has 2 fully saturated rings. The summed E-state index contributed by atoms with van der Waals surface area (Å²) < 4.78 is 24.2. The molecule has 0 aromatic carbocycles. The normalized spacial score (nSPS) is 17.8. The fraction of sp³-hybridized carbons (Fsp3) is 0.407. The Hall–Kier alpha value is -4.41. The zero-order valence-electron chi connectivity index (χ0n) is 21.9. The summed E-state index contributed by atoms with van der Waals surface area (Å²) in [5.74, 6) is -0.0907. The molecule has 6 heterocycles. The highest BCUT2D eigenvalue weighted by atomic mass is 19.1. The van der Waals surface area contributed by atoms with Crippen molar-refractivity contribution in [3.8, 4) is 23.1 Å². The molecule has 0 spiro atoms. The number of pyridine rings is 2. The average molecular weight is 546 g/mol. The Morgan fingerprint density at radius 2 is 2.15 bits per heavy atom. The number of halogens is 1. The van der Waals surface area contributed by atoms with Gasteiger partial charge < -0.3 is 20.1 Å². The van der Waals surface area contributed by atoms with Crippen molar-refractivity contribution in [3.63, 3.8) is 0 Å². The van der Waals surface area contributed by atoms with Gasteiger partial charge in [0.05, 0.1) is 30.2 Å². The lowest BCUT2D eigenvalue weighted by Crippen LogP contribution is -2.65. The smallest absolute Gasteiger partial charge is 0.262 e. The largest absolute Gasteiger partial charge is 0.479 e. The van der Waals surface area contributed by atoms with Gasteiger partial charge in [-0.3, -0.25) is 9.78 Å². The van der Waals surface area contributed by atoms with E-state index in [1.807, 2.05) is 17.7 Å². The second-order valence-corrected chi connectivity index (χ2v) is 10.2. The molecule has 1 unspecified atom stereocenters. The summed E-state index contributed by atoms with van der Waals surface area (Å²) in [5, 5.41) is 35.8. The third-order valence-electron chi connectivity index (χ3n) is 7.64. The van der Waals surface area contributed by atoms with Crippen LogP contribution in [0.15, 0.2) is 42.9 Å². The molecule has 4 aromatic heterocycles. The lowest BCUT2D eigenvalue weighted by molar-refractivity contribution is -0.148. The van der Waals surface area contributed by atoms with Crippen LogP contribution in [0.3, 0.4) is 0 Å². The first-order chi connectivity index (χ1) is 19.4. The number of likely N-dealkylation sites (tertiary alicyclic amines) is 1. The first kappa shape index (κ1) is 25.8. The number of ether oxygens (including phenoxy) is 1. The van der Waals surface area contributed by atoms with Crippen LogP contribution in [-0.4, -0.2) is 84.0 Å². The van der Waals surface area contributed by atoms with Crippen LogP contribution >= 0.6 is 0 Å². The molecular weight excluding hydrogens is 517 g/mol. The third-order valence-corrected chi connectivity index (χ3v) is 7.64. The topological polar surface area (TPSA) is 146 Å². The summed E-state index contributed by atoms with van der Waals surface area (Å²) in [7, 11) is 0. The molecule has 1 amide bonds. The number of alkyl halides is 1. The second-order valence-electron chi connectivity index (χ2n) is 10.2. The van der Waals surface area contributed by atoms with E-state index < -0.39 is 17.7 Å². The van der Waals surface area contributed by atoms with Crippen LogP contribution in [-0.2, 0) is 4.79 Å². The van der Waals surface area contributed by atoms with E-state index in [2.05, 4.69) is 31.8 Å². The van der Waals surface area contributed by atoms with Gasteiger partial charge in [0.15, 0.2) is 6.10 Å². The second kappa shape index (κ2) is 10.3. The Kier molecular flexibility index (Phi) is 6.65. The van der Waals surface area contributed by atoms with E-state index in [9.17, 15) is 19.6 Å². The molecule has 40 heavy (non-hydrogen) atoms. The number of nitrogens with one attached hydrogen (secondary N) is 1. The first-order valence-electron chi connectivity index (χ1n) is 13.1. The van der Waals surface area contributed by atoms with Crippen molar-refractivity contribution in [2.75, 3.05) is 32.8 Å². The van der Waals surface area contributed by atoms with Crippen LogP contribution in [0.2, 0.25) is 0 Å². The Balaban J connectivity index is 1.28. The number of carbonyl (C=O) groups is 1. The number of hydrogen-bond acceptors (Lipinski definition) is 9. The Bertz CT molecular complexity index is 1580. The number of carbonyl (C=O) groups excluding carboxylic acids is 1. The molecular formula is C27H28FN9O3. The number of aliphatic hydroxyl groups excluding tert-OH is 1. The van der Waals surface area contributed by atoms with E-state index in [-0.39, 0.29) is 25.7 Å². The molecule has 12 nitrogen and oxygen atoms in total. The van der Waals surface area contributed by atoms with E-state index in [0.717, 1.165) is 5.69 Å². The highest BCUT2D eigenvalue weighted by Gasteiger charge is 2.47. The average Bonchev–Trinajstić information content (AvgIpc) is 3.57. The van der Waals surface area contributed by atoms with Crippen molar-refractivity contribution < 1.29 is 19.0 Å². The molecule has 0 saturated carbocycles. The highest BCUT2D eigenvalue weighted by molar-refractivity contribution is 5.87. The van der Waals surface area contributed by atoms with Crippen molar-refractivity contribution in [3.05, 3.63) is 59.8 Å². The molecule has 0 bridgehead atoms. The number of nitriles is 1. The van der Waals surface area contributed by atoms with Gasteiger partial charge in [-0.25, -0.2) is 13.6 Å². The summed E-state index contributed by atoms with van der Waals surface area (Å²) in [6.07, 6.45) is 5.35. The fourth-order valence-electron chi connectivity index (χ4n) is 5.34. The maximum atomic E-state index is 14.6. The van der Waals surface area contributed by atoms with E-state index >= 15 is 0 Å².